The van der Waals surface area contributed by atoms with Crippen molar-refractivity contribution in [1.29, 1.82) is 0 Å². The molecule has 1 heterocycles. The lowest BCUT2D eigenvalue weighted by Gasteiger charge is -2.53. The number of carbonyl (C=O) groups is 1. The zero-order valence-electron chi connectivity index (χ0n) is 16.1. The molecule has 0 aromatic heterocycles. The Balaban J connectivity index is 1.48. The van der Waals surface area contributed by atoms with E-state index in [2.05, 4.69) is 44.8 Å². The van der Waals surface area contributed by atoms with Gasteiger partial charge in [0.2, 0.25) is 0 Å². The SMILES string of the molecule is CC(C)(C)OC1CC(NC(=O)N2CCCN(C3CC3)CC2)C1(C)C. The third-order valence-electron chi connectivity index (χ3n) is 5.85. The van der Waals surface area contributed by atoms with E-state index in [-0.39, 0.29) is 29.2 Å². The second kappa shape index (κ2) is 6.49. The van der Waals surface area contributed by atoms with Gasteiger partial charge in [0.05, 0.1) is 11.7 Å². The van der Waals surface area contributed by atoms with Crippen molar-refractivity contribution in [1.82, 2.24) is 15.1 Å². The molecular weight excluding hydrogens is 302 g/mol. The number of hydrogen-bond donors (Lipinski definition) is 1. The summed E-state index contributed by atoms with van der Waals surface area (Å²) in [5, 5.41) is 3.27. The topological polar surface area (TPSA) is 44.8 Å². The Morgan fingerprint density at radius 3 is 2.42 bits per heavy atom. The molecule has 0 bridgehead atoms. The number of amides is 2. The van der Waals surface area contributed by atoms with E-state index in [9.17, 15) is 4.79 Å². The molecule has 0 aromatic carbocycles. The molecule has 1 N–H and O–H groups in total. The van der Waals surface area contributed by atoms with Crippen LogP contribution in [0.4, 0.5) is 4.79 Å². The van der Waals surface area contributed by atoms with Gasteiger partial charge in [0, 0.05) is 43.7 Å². The van der Waals surface area contributed by atoms with Crippen molar-refractivity contribution >= 4 is 6.03 Å². The minimum atomic E-state index is -0.131. The van der Waals surface area contributed by atoms with Crippen LogP contribution in [0.15, 0.2) is 0 Å². The highest BCUT2D eigenvalue weighted by molar-refractivity contribution is 5.74. The van der Waals surface area contributed by atoms with Crippen LogP contribution in [0.1, 0.15) is 60.3 Å². The van der Waals surface area contributed by atoms with Gasteiger partial charge in [0.25, 0.3) is 0 Å². The van der Waals surface area contributed by atoms with E-state index in [1.165, 1.54) is 12.8 Å². The van der Waals surface area contributed by atoms with Gasteiger partial charge in [0.1, 0.15) is 0 Å². The third kappa shape index (κ3) is 4.05. The standard InChI is InChI=1S/C19H35N3O2/c1-18(2,3)24-16-13-15(19(16,4)5)20-17(23)22-10-6-9-21(11-12-22)14-7-8-14/h14-16H,6-13H2,1-5H3,(H,20,23). The van der Waals surface area contributed by atoms with Gasteiger partial charge in [-0.2, -0.15) is 0 Å². The van der Waals surface area contributed by atoms with Crippen LogP contribution in [0, 0.1) is 5.41 Å². The smallest absolute Gasteiger partial charge is 0.317 e. The first kappa shape index (κ1) is 18.0. The molecule has 5 heteroatoms. The highest BCUT2D eigenvalue weighted by Gasteiger charge is 2.51. The molecule has 0 aromatic rings. The summed E-state index contributed by atoms with van der Waals surface area (Å²) >= 11 is 0. The normalized spacial score (nSPS) is 31.3. The molecule has 3 aliphatic rings. The molecule has 138 valence electrons. The Morgan fingerprint density at radius 2 is 1.83 bits per heavy atom. The highest BCUT2D eigenvalue weighted by Crippen LogP contribution is 2.44. The fraction of sp³-hybridized carbons (Fsp3) is 0.947. The molecule has 2 atom stereocenters. The van der Waals surface area contributed by atoms with E-state index in [1.54, 1.807) is 0 Å². The van der Waals surface area contributed by atoms with Gasteiger partial charge in [-0.3, -0.25) is 4.90 Å². The maximum atomic E-state index is 12.7. The maximum absolute atomic E-state index is 12.7. The van der Waals surface area contributed by atoms with Crippen molar-refractivity contribution in [2.45, 2.75) is 84.1 Å². The van der Waals surface area contributed by atoms with Crippen LogP contribution in [-0.4, -0.2) is 65.8 Å². The van der Waals surface area contributed by atoms with E-state index in [4.69, 9.17) is 4.74 Å². The monoisotopic (exact) mass is 337 g/mol. The van der Waals surface area contributed by atoms with E-state index >= 15 is 0 Å². The van der Waals surface area contributed by atoms with Gasteiger partial charge in [-0.25, -0.2) is 4.79 Å². The number of rotatable bonds is 3. The lowest BCUT2D eigenvalue weighted by atomic mass is 9.64. The van der Waals surface area contributed by atoms with E-state index < -0.39 is 0 Å². The van der Waals surface area contributed by atoms with Crippen LogP contribution in [0.3, 0.4) is 0 Å². The zero-order chi connectivity index (χ0) is 17.5. The first-order valence-electron chi connectivity index (χ1n) is 9.64. The van der Waals surface area contributed by atoms with Gasteiger partial charge in [-0.15, -0.1) is 0 Å². The second-order valence-corrected chi connectivity index (χ2v) is 9.39. The summed E-state index contributed by atoms with van der Waals surface area (Å²) in [7, 11) is 0. The molecule has 1 aliphatic heterocycles. The number of nitrogens with zero attached hydrogens (tertiary/aromatic N) is 2. The summed E-state index contributed by atoms with van der Waals surface area (Å²) in [5.74, 6) is 0. The number of hydrogen-bond acceptors (Lipinski definition) is 3. The maximum Gasteiger partial charge on any atom is 0.317 e. The Morgan fingerprint density at radius 1 is 1.12 bits per heavy atom. The zero-order valence-corrected chi connectivity index (χ0v) is 16.1. The summed E-state index contributed by atoms with van der Waals surface area (Å²) in [4.78, 5) is 17.3. The summed E-state index contributed by atoms with van der Waals surface area (Å²) in [5.41, 5.74) is -0.136. The highest BCUT2D eigenvalue weighted by atomic mass is 16.5. The predicted molar refractivity (Wildman–Crippen MR) is 96.1 cm³/mol. The minimum absolute atomic E-state index is 0.00512. The van der Waals surface area contributed by atoms with Crippen LogP contribution in [0.2, 0.25) is 0 Å². The quantitative estimate of drug-likeness (QED) is 0.861. The Bertz CT molecular complexity index is 468. The molecule has 2 unspecified atom stereocenters. The Labute approximate surface area is 147 Å². The molecule has 3 rings (SSSR count). The van der Waals surface area contributed by atoms with E-state index in [0.29, 0.717) is 0 Å². The van der Waals surface area contributed by atoms with Gasteiger partial charge in [0.15, 0.2) is 0 Å². The third-order valence-corrected chi connectivity index (χ3v) is 5.85. The van der Waals surface area contributed by atoms with Gasteiger partial charge < -0.3 is 15.0 Å². The van der Waals surface area contributed by atoms with E-state index in [0.717, 1.165) is 45.1 Å². The van der Waals surface area contributed by atoms with Crippen molar-refractivity contribution in [3.05, 3.63) is 0 Å². The summed E-state index contributed by atoms with van der Waals surface area (Å²) < 4.78 is 6.14. The van der Waals surface area contributed by atoms with Gasteiger partial charge >= 0.3 is 6.03 Å². The van der Waals surface area contributed by atoms with Gasteiger partial charge in [-0.05, 0) is 46.5 Å². The fourth-order valence-electron chi connectivity index (χ4n) is 3.94. The van der Waals surface area contributed by atoms with Crippen LogP contribution >= 0.6 is 0 Å². The van der Waals surface area contributed by atoms with Crippen LogP contribution in [-0.2, 0) is 4.74 Å². The Kier molecular flexibility index (Phi) is 4.86. The molecule has 0 radical (unpaired) electrons. The molecule has 1 saturated heterocycles. The minimum Gasteiger partial charge on any atom is -0.372 e. The lowest BCUT2D eigenvalue weighted by molar-refractivity contribution is -0.171. The largest absolute Gasteiger partial charge is 0.372 e. The van der Waals surface area contributed by atoms with Crippen molar-refractivity contribution in [3.63, 3.8) is 0 Å². The average molecular weight is 338 g/mol. The summed E-state index contributed by atoms with van der Waals surface area (Å²) in [6, 6.07) is 1.12. The Hall–Kier alpha value is -0.810. The van der Waals surface area contributed by atoms with Crippen LogP contribution in [0.25, 0.3) is 0 Å². The summed E-state index contributed by atoms with van der Waals surface area (Å²) in [6.45, 7) is 14.6. The number of nitrogens with one attached hydrogen (secondary N) is 1. The van der Waals surface area contributed by atoms with Crippen LogP contribution in [0.5, 0.6) is 0 Å². The first-order chi connectivity index (χ1) is 11.2. The second-order valence-electron chi connectivity index (χ2n) is 9.39. The first-order valence-corrected chi connectivity index (χ1v) is 9.64. The van der Waals surface area contributed by atoms with Crippen molar-refractivity contribution in [3.8, 4) is 0 Å². The number of carbonyl (C=O) groups excluding carboxylic acids is 1. The van der Waals surface area contributed by atoms with E-state index in [1.807, 2.05) is 4.90 Å². The molecule has 5 nitrogen and oxygen atoms in total. The van der Waals surface area contributed by atoms with Crippen molar-refractivity contribution in [2.24, 2.45) is 5.41 Å². The number of ether oxygens (including phenoxy) is 1. The molecule has 0 spiro atoms. The molecule has 2 amide bonds. The molecule has 3 fully saturated rings. The van der Waals surface area contributed by atoms with Crippen molar-refractivity contribution in [2.75, 3.05) is 26.2 Å². The molecule has 2 aliphatic carbocycles. The fourth-order valence-corrected chi connectivity index (χ4v) is 3.94. The predicted octanol–water partition coefficient (Wildman–Crippen LogP) is 2.85. The van der Waals surface area contributed by atoms with Crippen molar-refractivity contribution < 1.29 is 9.53 Å². The van der Waals surface area contributed by atoms with Crippen LogP contribution < -0.4 is 5.32 Å². The van der Waals surface area contributed by atoms with Gasteiger partial charge in [-0.1, -0.05) is 13.8 Å². The molecular formula is C19H35N3O2. The average Bonchev–Trinajstić information content (AvgIpc) is 3.30. The molecule has 2 saturated carbocycles. The number of urea groups is 1. The molecule has 24 heavy (non-hydrogen) atoms. The summed E-state index contributed by atoms with van der Waals surface area (Å²) in [6.07, 6.45) is 4.92. The lowest BCUT2D eigenvalue weighted by Crippen LogP contribution is -2.64.